The Bertz CT molecular complexity index is 839. The molecule has 0 saturated heterocycles. The van der Waals surface area contributed by atoms with Gasteiger partial charge in [-0.3, -0.25) is 0 Å². The van der Waals surface area contributed by atoms with Gasteiger partial charge in [0.05, 0.1) is 29.6 Å². The van der Waals surface area contributed by atoms with Crippen molar-refractivity contribution >= 4 is 12.0 Å². The topological polar surface area (TPSA) is 85.2 Å². The fraction of sp³-hybridized carbons (Fsp3) is 0.278. The van der Waals surface area contributed by atoms with E-state index >= 15 is 0 Å². The Hall–Kier alpha value is -3.09. The van der Waals surface area contributed by atoms with Crippen LogP contribution in [-0.4, -0.2) is 28.4 Å². The average Bonchev–Trinajstić information content (AvgIpc) is 2.97. The molecule has 2 heterocycles. The van der Waals surface area contributed by atoms with Crippen LogP contribution in [0.15, 0.2) is 47.8 Å². The molecule has 2 amide bonds. The van der Waals surface area contributed by atoms with E-state index in [1.54, 1.807) is 18.5 Å². The predicted octanol–water partition coefficient (Wildman–Crippen LogP) is 2.37. The second-order valence-corrected chi connectivity index (χ2v) is 5.74. The SMILES string of the molecule is CCOC(=O)C1=C(C)NC(=O)NC1c1cn(-c2ccccc2)nc1C. The van der Waals surface area contributed by atoms with E-state index in [1.807, 2.05) is 43.5 Å². The third-order valence-electron chi connectivity index (χ3n) is 4.03. The summed E-state index contributed by atoms with van der Waals surface area (Å²) in [4.78, 5) is 24.3. The number of carbonyl (C=O) groups excluding carboxylic acids is 2. The van der Waals surface area contributed by atoms with Gasteiger partial charge in [0.15, 0.2) is 0 Å². The number of nitrogens with zero attached hydrogens (tertiary/aromatic N) is 2. The minimum absolute atomic E-state index is 0.262. The van der Waals surface area contributed by atoms with Gasteiger partial charge in [-0.05, 0) is 32.9 Å². The van der Waals surface area contributed by atoms with Gasteiger partial charge in [-0.15, -0.1) is 0 Å². The van der Waals surface area contributed by atoms with Gasteiger partial charge in [-0.2, -0.15) is 5.10 Å². The van der Waals surface area contributed by atoms with Crippen molar-refractivity contribution in [2.45, 2.75) is 26.8 Å². The number of allylic oxidation sites excluding steroid dienone is 1. The Balaban J connectivity index is 2.04. The fourth-order valence-electron chi connectivity index (χ4n) is 2.88. The van der Waals surface area contributed by atoms with Gasteiger partial charge in [0.2, 0.25) is 0 Å². The van der Waals surface area contributed by atoms with Crippen LogP contribution in [0.4, 0.5) is 4.79 Å². The monoisotopic (exact) mass is 340 g/mol. The van der Waals surface area contributed by atoms with E-state index in [1.165, 1.54) is 0 Å². The molecule has 3 rings (SSSR count). The van der Waals surface area contributed by atoms with Crippen molar-refractivity contribution in [2.24, 2.45) is 0 Å². The van der Waals surface area contributed by atoms with E-state index in [2.05, 4.69) is 15.7 Å². The summed E-state index contributed by atoms with van der Waals surface area (Å²) in [6.07, 6.45) is 1.83. The molecule has 1 unspecified atom stereocenters. The van der Waals surface area contributed by atoms with Crippen LogP contribution in [0.5, 0.6) is 0 Å². The summed E-state index contributed by atoms with van der Waals surface area (Å²) in [6.45, 7) is 5.55. The lowest BCUT2D eigenvalue weighted by Gasteiger charge is -2.27. The third kappa shape index (κ3) is 3.26. The Morgan fingerprint density at radius 3 is 2.68 bits per heavy atom. The highest BCUT2D eigenvalue weighted by atomic mass is 16.5. The van der Waals surface area contributed by atoms with Crippen LogP contribution < -0.4 is 10.6 Å². The summed E-state index contributed by atoms with van der Waals surface area (Å²) in [6, 6.07) is 8.68. The molecule has 0 fully saturated rings. The first-order valence-electron chi connectivity index (χ1n) is 8.08. The molecule has 1 aromatic heterocycles. The largest absolute Gasteiger partial charge is 0.463 e. The Kier molecular flexibility index (Phi) is 4.56. The first-order chi connectivity index (χ1) is 12.0. The molecule has 1 aliphatic rings. The lowest BCUT2D eigenvalue weighted by atomic mass is 9.96. The highest BCUT2D eigenvalue weighted by Gasteiger charge is 2.34. The summed E-state index contributed by atoms with van der Waals surface area (Å²) >= 11 is 0. The minimum atomic E-state index is -0.606. The number of amides is 2. The van der Waals surface area contributed by atoms with E-state index in [-0.39, 0.29) is 12.6 Å². The van der Waals surface area contributed by atoms with Gasteiger partial charge in [0.1, 0.15) is 0 Å². The fourth-order valence-corrected chi connectivity index (χ4v) is 2.88. The van der Waals surface area contributed by atoms with Crippen molar-refractivity contribution < 1.29 is 14.3 Å². The second kappa shape index (κ2) is 6.80. The zero-order valence-electron chi connectivity index (χ0n) is 14.4. The van der Waals surface area contributed by atoms with Crippen LogP contribution in [-0.2, 0) is 9.53 Å². The number of nitrogens with one attached hydrogen (secondary N) is 2. The van der Waals surface area contributed by atoms with E-state index < -0.39 is 12.0 Å². The molecule has 7 nitrogen and oxygen atoms in total. The van der Waals surface area contributed by atoms with Crippen molar-refractivity contribution in [3.63, 3.8) is 0 Å². The maximum Gasteiger partial charge on any atom is 0.338 e. The molecule has 2 N–H and O–H groups in total. The predicted molar refractivity (Wildman–Crippen MR) is 92.0 cm³/mol. The number of hydrogen-bond donors (Lipinski definition) is 2. The summed E-state index contributed by atoms with van der Waals surface area (Å²) in [7, 11) is 0. The first-order valence-corrected chi connectivity index (χ1v) is 8.08. The number of aryl methyl sites for hydroxylation is 1. The summed E-state index contributed by atoms with van der Waals surface area (Å²) in [5.74, 6) is -0.454. The molecule has 25 heavy (non-hydrogen) atoms. The third-order valence-corrected chi connectivity index (χ3v) is 4.03. The van der Waals surface area contributed by atoms with Crippen molar-refractivity contribution in [1.82, 2.24) is 20.4 Å². The Labute approximate surface area is 145 Å². The summed E-state index contributed by atoms with van der Waals surface area (Å²) in [5, 5.41) is 9.94. The van der Waals surface area contributed by atoms with Crippen molar-refractivity contribution in [1.29, 1.82) is 0 Å². The summed E-state index contributed by atoms with van der Waals surface area (Å²) < 4.78 is 6.89. The van der Waals surface area contributed by atoms with Gasteiger partial charge in [0.25, 0.3) is 0 Å². The smallest absolute Gasteiger partial charge is 0.338 e. The van der Waals surface area contributed by atoms with Crippen molar-refractivity contribution in [2.75, 3.05) is 6.61 Å². The molecule has 1 aliphatic heterocycles. The number of ether oxygens (including phenoxy) is 1. The second-order valence-electron chi connectivity index (χ2n) is 5.74. The van der Waals surface area contributed by atoms with E-state index in [4.69, 9.17) is 4.74 Å². The van der Waals surface area contributed by atoms with E-state index in [9.17, 15) is 9.59 Å². The van der Waals surface area contributed by atoms with Gasteiger partial charge in [-0.1, -0.05) is 18.2 Å². The average molecular weight is 340 g/mol. The number of rotatable bonds is 4. The maximum absolute atomic E-state index is 12.4. The molecule has 1 aromatic carbocycles. The van der Waals surface area contributed by atoms with Crippen LogP contribution in [0.2, 0.25) is 0 Å². The maximum atomic E-state index is 12.4. The van der Waals surface area contributed by atoms with E-state index in [0.717, 1.165) is 16.9 Å². The van der Waals surface area contributed by atoms with Gasteiger partial charge < -0.3 is 15.4 Å². The zero-order chi connectivity index (χ0) is 18.0. The lowest BCUT2D eigenvalue weighted by Crippen LogP contribution is -2.45. The molecule has 0 bridgehead atoms. The van der Waals surface area contributed by atoms with Crippen molar-refractivity contribution in [3.8, 4) is 5.69 Å². The minimum Gasteiger partial charge on any atom is -0.463 e. The number of benzene rings is 1. The first kappa shape index (κ1) is 16.8. The molecule has 0 spiro atoms. The van der Waals surface area contributed by atoms with Gasteiger partial charge in [-0.25, -0.2) is 14.3 Å². The highest BCUT2D eigenvalue weighted by molar-refractivity contribution is 5.95. The van der Waals surface area contributed by atoms with Crippen LogP contribution >= 0.6 is 0 Å². The van der Waals surface area contributed by atoms with Crippen LogP contribution in [0.1, 0.15) is 31.1 Å². The van der Waals surface area contributed by atoms with Crippen LogP contribution in [0.25, 0.3) is 5.69 Å². The Morgan fingerprint density at radius 2 is 2.00 bits per heavy atom. The molecular weight excluding hydrogens is 320 g/mol. The quantitative estimate of drug-likeness (QED) is 0.837. The Morgan fingerprint density at radius 1 is 1.28 bits per heavy atom. The molecular formula is C18H20N4O3. The number of aromatic nitrogens is 2. The molecule has 7 heteroatoms. The number of urea groups is 1. The molecule has 0 aliphatic carbocycles. The van der Waals surface area contributed by atoms with Crippen LogP contribution in [0.3, 0.4) is 0 Å². The zero-order valence-corrected chi connectivity index (χ0v) is 14.4. The normalized spacial score (nSPS) is 17.1. The van der Waals surface area contributed by atoms with E-state index in [0.29, 0.717) is 11.3 Å². The standard InChI is InChI=1S/C18H20N4O3/c1-4-25-17(23)15-12(3)19-18(24)20-16(15)14-10-22(21-11(14)2)13-8-6-5-7-9-13/h5-10,16H,4H2,1-3H3,(H2,19,20,24). The molecule has 130 valence electrons. The highest BCUT2D eigenvalue weighted by Crippen LogP contribution is 2.30. The van der Waals surface area contributed by atoms with Gasteiger partial charge >= 0.3 is 12.0 Å². The molecule has 0 radical (unpaired) electrons. The molecule has 0 saturated carbocycles. The van der Waals surface area contributed by atoms with Crippen molar-refractivity contribution in [3.05, 3.63) is 59.1 Å². The summed E-state index contributed by atoms with van der Waals surface area (Å²) in [5.41, 5.74) is 3.25. The molecule has 2 aromatic rings. The number of para-hydroxylation sites is 1. The van der Waals surface area contributed by atoms with Crippen LogP contribution in [0, 0.1) is 6.92 Å². The number of hydrogen-bond acceptors (Lipinski definition) is 4. The lowest BCUT2D eigenvalue weighted by molar-refractivity contribution is -0.139. The number of carbonyl (C=O) groups is 2. The number of esters is 1. The molecule has 1 atom stereocenters. The van der Waals surface area contributed by atoms with Gasteiger partial charge in [0, 0.05) is 17.5 Å².